The number of aromatic nitrogens is 3. The summed E-state index contributed by atoms with van der Waals surface area (Å²) >= 11 is 0. The minimum absolute atomic E-state index is 0.579. The Morgan fingerprint density at radius 1 is 0.944 bits per heavy atom. The van der Waals surface area contributed by atoms with E-state index in [1.54, 1.807) is 14.2 Å². The number of hydrogen-bond acceptors (Lipinski definition) is 7. The van der Waals surface area contributed by atoms with Crippen molar-refractivity contribution in [1.82, 2.24) is 15.0 Å². The molecule has 1 heterocycles. The number of anilines is 2. The Kier molecular flexibility index (Phi) is 7.74. The molecule has 0 saturated carbocycles. The predicted octanol–water partition coefficient (Wildman–Crippen LogP) is 0.768. The molecule has 7 heteroatoms. The summed E-state index contributed by atoms with van der Waals surface area (Å²) in [4.78, 5) is 12.3. The quantitative estimate of drug-likeness (QED) is 0.597. The Hall–Kier alpha value is -1.47. The lowest BCUT2D eigenvalue weighted by atomic mass is 10.4. The van der Waals surface area contributed by atoms with Crippen molar-refractivity contribution in [2.24, 2.45) is 0 Å². The first-order valence-electron chi connectivity index (χ1n) is 6.01. The molecule has 0 aliphatic rings. The molecule has 2 N–H and O–H groups in total. The van der Waals surface area contributed by atoms with Crippen molar-refractivity contribution in [3.8, 4) is 0 Å². The molecular weight excluding hydrogens is 234 g/mol. The minimum Gasteiger partial charge on any atom is -0.385 e. The second-order valence-electron chi connectivity index (χ2n) is 3.68. The van der Waals surface area contributed by atoms with Crippen molar-refractivity contribution in [3.05, 3.63) is 6.33 Å². The van der Waals surface area contributed by atoms with Gasteiger partial charge in [0.1, 0.15) is 6.33 Å². The summed E-state index contributed by atoms with van der Waals surface area (Å²) in [6.07, 6.45) is 3.32. The van der Waals surface area contributed by atoms with E-state index < -0.39 is 0 Å². The van der Waals surface area contributed by atoms with Gasteiger partial charge in [0.15, 0.2) is 0 Å². The van der Waals surface area contributed by atoms with Crippen molar-refractivity contribution >= 4 is 11.9 Å². The van der Waals surface area contributed by atoms with E-state index >= 15 is 0 Å². The molecule has 18 heavy (non-hydrogen) atoms. The normalized spacial score (nSPS) is 10.3. The van der Waals surface area contributed by atoms with E-state index in [-0.39, 0.29) is 0 Å². The summed E-state index contributed by atoms with van der Waals surface area (Å²) in [5, 5.41) is 6.23. The average molecular weight is 255 g/mol. The molecule has 0 atom stereocenters. The van der Waals surface area contributed by atoms with Crippen LogP contribution in [0.25, 0.3) is 0 Å². The van der Waals surface area contributed by atoms with Crippen LogP contribution in [0.3, 0.4) is 0 Å². The Morgan fingerprint density at radius 3 is 1.89 bits per heavy atom. The molecule has 0 bridgehead atoms. The van der Waals surface area contributed by atoms with Gasteiger partial charge in [-0.2, -0.15) is 4.98 Å². The number of methoxy groups -OCH3 is 2. The summed E-state index contributed by atoms with van der Waals surface area (Å²) in [6.45, 7) is 3.00. The number of hydrogen-bond donors (Lipinski definition) is 2. The first-order chi connectivity index (χ1) is 8.86. The molecule has 0 aliphatic heterocycles. The fourth-order valence-corrected chi connectivity index (χ4v) is 1.30. The van der Waals surface area contributed by atoms with Crippen LogP contribution in [-0.4, -0.2) is 55.5 Å². The molecule has 1 aromatic heterocycles. The van der Waals surface area contributed by atoms with Crippen LogP contribution in [0.4, 0.5) is 11.9 Å². The summed E-state index contributed by atoms with van der Waals surface area (Å²) < 4.78 is 9.92. The van der Waals surface area contributed by atoms with Crippen LogP contribution in [-0.2, 0) is 9.47 Å². The molecule has 0 saturated heterocycles. The lowest BCUT2D eigenvalue weighted by Gasteiger charge is -2.07. The lowest BCUT2D eigenvalue weighted by molar-refractivity contribution is 0.197. The Morgan fingerprint density at radius 2 is 1.44 bits per heavy atom. The molecule has 1 rings (SSSR count). The third kappa shape index (κ3) is 6.31. The zero-order valence-electron chi connectivity index (χ0n) is 11.0. The predicted molar refractivity (Wildman–Crippen MR) is 69.8 cm³/mol. The Bertz CT molecular complexity index is 297. The molecule has 0 aromatic carbocycles. The van der Waals surface area contributed by atoms with Gasteiger partial charge in [0.25, 0.3) is 0 Å². The van der Waals surface area contributed by atoms with Crippen LogP contribution in [0.1, 0.15) is 12.8 Å². The summed E-state index contributed by atoms with van der Waals surface area (Å²) in [7, 11) is 3.37. The standard InChI is InChI=1S/C11H21N5O2/c1-17-7-3-5-12-10-14-9-15-11(16-10)13-6-4-8-18-2/h9H,3-8H2,1-2H3,(H2,12,13,14,15,16). The number of nitrogens with one attached hydrogen (secondary N) is 2. The molecule has 0 radical (unpaired) electrons. The third-order valence-electron chi connectivity index (χ3n) is 2.19. The number of rotatable bonds is 10. The van der Waals surface area contributed by atoms with Crippen LogP contribution in [0.2, 0.25) is 0 Å². The summed E-state index contributed by atoms with van der Waals surface area (Å²) in [5.74, 6) is 1.16. The van der Waals surface area contributed by atoms with Gasteiger partial charge >= 0.3 is 0 Å². The van der Waals surface area contributed by atoms with Crippen molar-refractivity contribution in [3.63, 3.8) is 0 Å². The Labute approximate surface area is 107 Å². The summed E-state index contributed by atoms with van der Waals surface area (Å²) in [6, 6.07) is 0. The third-order valence-corrected chi connectivity index (χ3v) is 2.19. The number of nitrogens with zero attached hydrogens (tertiary/aromatic N) is 3. The first kappa shape index (κ1) is 14.6. The van der Waals surface area contributed by atoms with E-state index in [9.17, 15) is 0 Å². The molecule has 0 spiro atoms. The van der Waals surface area contributed by atoms with Crippen molar-refractivity contribution in [2.75, 3.05) is 51.2 Å². The van der Waals surface area contributed by atoms with E-state index in [4.69, 9.17) is 9.47 Å². The molecule has 102 valence electrons. The SMILES string of the molecule is COCCCNc1ncnc(NCCCOC)n1. The molecule has 0 fully saturated rings. The molecule has 0 amide bonds. The maximum absolute atomic E-state index is 4.96. The van der Waals surface area contributed by atoms with Gasteiger partial charge in [-0.25, -0.2) is 9.97 Å². The van der Waals surface area contributed by atoms with Crippen LogP contribution in [0.5, 0.6) is 0 Å². The highest BCUT2D eigenvalue weighted by Gasteiger charge is 1.99. The van der Waals surface area contributed by atoms with Gasteiger partial charge < -0.3 is 20.1 Å². The van der Waals surface area contributed by atoms with Crippen molar-refractivity contribution < 1.29 is 9.47 Å². The highest BCUT2D eigenvalue weighted by Crippen LogP contribution is 2.01. The van der Waals surface area contributed by atoms with Crippen LogP contribution in [0.15, 0.2) is 6.33 Å². The van der Waals surface area contributed by atoms with Crippen LogP contribution >= 0.6 is 0 Å². The van der Waals surface area contributed by atoms with E-state index in [1.165, 1.54) is 6.33 Å². The number of ether oxygens (including phenoxy) is 2. The van der Waals surface area contributed by atoms with Crippen molar-refractivity contribution in [1.29, 1.82) is 0 Å². The van der Waals surface area contributed by atoms with Gasteiger partial charge in [-0.15, -0.1) is 0 Å². The van der Waals surface area contributed by atoms with Crippen molar-refractivity contribution in [2.45, 2.75) is 12.8 Å². The first-order valence-corrected chi connectivity index (χ1v) is 6.01. The molecule has 0 aliphatic carbocycles. The van der Waals surface area contributed by atoms with Crippen LogP contribution in [0, 0.1) is 0 Å². The van der Waals surface area contributed by atoms with E-state index in [1.807, 2.05) is 0 Å². The van der Waals surface area contributed by atoms with Gasteiger partial charge in [-0.1, -0.05) is 0 Å². The van der Waals surface area contributed by atoms with Gasteiger partial charge in [0.2, 0.25) is 11.9 Å². The van der Waals surface area contributed by atoms with Gasteiger partial charge in [-0.05, 0) is 12.8 Å². The fraction of sp³-hybridized carbons (Fsp3) is 0.727. The largest absolute Gasteiger partial charge is 0.385 e. The van der Waals surface area contributed by atoms with E-state index in [0.717, 1.165) is 39.1 Å². The topological polar surface area (TPSA) is 81.2 Å². The second-order valence-corrected chi connectivity index (χ2v) is 3.68. The second kappa shape index (κ2) is 9.55. The molecule has 7 nitrogen and oxygen atoms in total. The molecule has 1 aromatic rings. The average Bonchev–Trinajstić information content (AvgIpc) is 2.40. The maximum atomic E-state index is 4.96. The molecular formula is C11H21N5O2. The summed E-state index contributed by atoms with van der Waals surface area (Å²) in [5.41, 5.74) is 0. The molecule has 0 unspecified atom stereocenters. The van der Waals surface area contributed by atoms with Gasteiger partial charge in [0, 0.05) is 40.5 Å². The van der Waals surface area contributed by atoms with Gasteiger partial charge in [0.05, 0.1) is 0 Å². The Balaban J connectivity index is 2.27. The van der Waals surface area contributed by atoms with E-state index in [0.29, 0.717) is 11.9 Å². The van der Waals surface area contributed by atoms with Gasteiger partial charge in [-0.3, -0.25) is 0 Å². The maximum Gasteiger partial charge on any atom is 0.227 e. The smallest absolute Gasteiger partial charge is 0.227 e. The fourth-order valence-electron chi connectivity index (χ4n) is 1.30. The highest BCUT2D eigenvalue weighted by atomic mass is 16.5. The lowest BCUT2D eigenvalue weighted by Crippen LogP contribution is -2.11. The van der Waals surface area contributed by atoms with Crippen LogP contribution < -0.4 is 10.6 Å². The minimum atomic E-state index is 0.579. The van der Waals surface area contributed by atoms with E-state index in [2.05, 4.69) is 25.6 Å². The zero-order valence-corrected chi connectivity index (χ0v) is 11.0. The highest BCUT2D eigenvalue weighted by molar-refractivity contribution is 5.32. The monoisotopic (exact) mass is 255 g/mol. The zero-order chi connectivity index (χ0) is 13.1.